The molecule has 0 aliphatic heterocycles. The third kappa shape index (κ3) is 5.58. The molecule has 0 aliphatic carbocycles. The van der Waals surface area contributed by atoms with Gasteiger partial charge in [0, 0.05) is 38.3 Å². The van der Waals surface area contributed by atoms with Crippen LogP contribution in [0.15, 0.2) is 48.8 Å². The number of carbonyl (C=O) groups is 1. The van der Waals surface area contributed by atoms with Gasteiger partial charge < -0.3 is 10.0 Å². The van der Waals surface area contributed by atoms with Crippen molar-refractivity contribution in [3.05, 3.63) is 59.9 Å². The van der Waals surface area contributed by atoms with Gasteiger partial charge in [-0.2, -0.15) is 0 Å². The molecule has 0 bridgehead atoms. The highest BCUT2D eigenvalue weighted by molar-refractivity contribution is 5.70. The molecule has 0 atom stereocenters. The molecule has 1 N–H and O–H groups in total. The maximum absolute atomic E-state index is 10.5. The van der Waals surface area contributed by atoms with E-state index in [1.54, 1.807) is 0 Å². The van der Waals surface area contributed by atoms with Crippen molar-refractivity contribution in [2.24, 2.45) is 0 Å². The molecule has 0 unspecified atom stereocenters. The Morgan fingerprint density at radius 2 is 1.61 bits per heavy atom. The molecule has 1 aromatic heterocycles. The number of aryl methyl sites for hydroxylation is 1. The Morgan fingerprint density at radius 3 is 2.13 bits per heavy atom. The highest BCUT2D eigenvalue weighted by Gasteiger charge is 2.02. The normalized spacial score (nSPS) is 10.9. The van der Waals surface area contributed by atoms with Crippen LogP contribution < -0.4 is 9.47 Å². The average molecular weight is 311 g/mol. The van der Waals surface area contributed by atoms with Crippen molar-refractivity contribution in [1.29, 1.82) is 0 Å². The summed E-state index contributed by atoms with van der Waals surface area (Å²) in [5, 5.41) is 8.64. The molecule has 0 saturated carbocycles. The van der Waals surface area contributed by atoms with E-state index in [-0.39, 0.29) is 6.42 Å². The molecule has 0 spiro atoms. The van der Waals surface area contributed by atoms with Crippen molar-refractivity contribution in [2.75, 3.05) is 19.0 Å². The lowest BCUT2D eigenvalue weighted by atomic mass is 10.1. The Bertz CT molecular complexity index is 659. The lowest BCUT2D eigenvalue weighted by Crippen LogP contribution is -2.32. The third-order valence-electron chi connectivity index (χ3n) is 3.60. The lowest BCUT2D eigenvalue weighted by Gasteiger charge is -2.11. The molecule has 4 nitrogen and oxygen atoms in total. The topological polar surface area (TPSA) is 44.4 Å². The molecule has 2 rings (SSSR count). The molecule has 1 heterocycles. The number of benzene rings is 1. The fourth-order valence-corrected chi connectivity index (χ4v) is 2.22. The van der Waals surface area contributed by atoms with Gasteiger partial charge in [0.05, 0.1) is 6.42 Å². The molecular formula is C19H23N2O2+. The molecule has 0 saturated heterocycles. The van der Waals surface area contributed by atoms with Crippen LogP contribution in [0.2, 0.25) is 0 Å². The van der Waals surface area contributed by atoms with Gasteiger partial charge in [0.1, 0.15) is 6.54 Å². The molecule has 0 aliphatic rings. The number of pyridine rings is 1. The highest BCUT2D eigenvalue weighted by atomic mass is 16.4. The SMILES string of the molecule is CN(C)c1ccc(/C=C/c2cc[n+](CCCC(=O)O)cc2)cc1. The lowest BCUT2D eigenvalue weighted by molar-refractivity contribution is -0.697. The van der Waals surface area contributed by atoms with Crippen LogP contribution in [0, 0.1) is 0 Å². The van der Waals surface area contributed by atoms with Gasteiger partial charge in [-0.1, -0.05) is 24.3 Å². The van der Waals surface area contributed by atoms with Crippen molar-refractivity contribution in [1.82, 2.24) is 0 Å². The summed E-state index contributed by atoms with van der Waals surface area (Å²) in [6.45, 7) is 0.724. The minimum Gasteiger partial charge on any atom is -0.481 e. The maximum atomic E-state index is 10.5. The second-order valence-electron chi connectivity index (χ2n) is 5.69. The summed E-state index contributed by atoms with van der Waals surface area (Å²) in [7, 11) is 4.06. The van der Waals surface area contributed by atoms with E-state index in [0.717, 1.165) is 17.7 Å². The molecule has 0 radical (unpaired) electrons. The van der Waals surface area contributed by atoms with E-state index in [4.69, 9.17) is 5.11 Å². The van der Waals surface area contributed by atoms with E-state index in [9.17, 15) is 4.79 Å². The zero-order valence-corrected chi connectivity index (χ0v) is 13.6. The second-order valence-corrected chi connectivity index (χ2v) is 5.69. The number of carboxylic acids is 1. The molecule has 120 valence electrons. The van der Waals surface area contributed by atoms with Gasteiger partial charge in [0.25, 0.3) is 0 Å². The van der Waals surface area contributed by atoms with Crippen molar-refractivity contribution in [3.8, 4) is 0 Å². The smallest absolute Gasteiger partial charge is 0.303 e. The fourth-order valence-electron chi connectivity index (χ4n) is 2.22. The van der Waals surface area contributed by atoms with Gasteiger partial charge >= 0.3 is 5.97 Å². The Labute approximate surface area is 137 Å². The van der Waals surface area contributed by atoms with E-state index in [2.05, 4.69) is 41.3 Å². The zero-order chi connectivity index (χ0) is 16.7. The first-order valence-corrected chi connectivity index (χ1v) is 7.71. The Kier molecular flexibility index (Phi) is 5.92. The molecule has 2 aromatic rings. The Morgan fingerprint density at radius 1 is 1.04 bits per heavy atom. The fraction of sp³-hybridized carbons (Fsp3) is 0.263. The summed E-state index contributed by atoms with van der Waals surface area (Å²) < 4.78 is 2.01. The summed E-state index contributed by atoms with van der Waals surface area (Å²) in [5.41, 5.74) is 3.47. The number of anilines is 1. The number of hydrogen-bond acceptors (Lipinski definition) is 2. The van der Waals surface area contributed by atoms with Gasteiger partial charge in [-0.25, -0.2) is 4.57 Å². The minimum absolute atomic E-state index is 0.206. The monoisotopic (exact) mass is 311 g/mol. The molecule has 1 aromatic carbocycles. The van der Waals surface area contributed by atoms with Crippen LogP contribution in [-0.4, -0.2) is 25.2 Å². The van der Waals surface area contributed by atoms with E-state index in [1.807, 2.05) is 43.2 Å². The van der Waals surface area contributed by atoms with Crippen LogP contribution in [0.1, 0.15) is 24.0 Å². The van der Waals surface area contributed by atoms with Gasteiger partial charge in [-0.05, 0) is 23.3 Å². The standard InChI is InChI=1S/C19H22N2O2/c1-20(2)18-9-7-16(8-10-18)5-6-17-11-14-21(15-12-17)13-3-4-19(22)23/h5-12,14-15H,3-4,13H2,1-2H3/p+1. The predicted molar refractivity (Wildman–Crippen MR) is 93.2 cm³/mol. The number of aromatic nitrogens is 1. The van der Waals surface area contributed by atoms with Crippen LogP contribution in [0.25, 0.3) is 12.2 Å². The van der Waals surface area contributed by atoms with Crippen molar-refractivity contribution in [3.63, 3.8) is 0 Å². The van der Waals surface area contributed by atoms with E-state index in [0.29, 0.717) is 6.42 Å². The molecule has 23 heavy (non-hydrogen) atoms. The van der Waals surface area contributed by atoms with Crippen molar-refractivity contribution < 1.29 is 14.5 Å². The summed E-state index contributed by atoms with van der Waals surface area (Å²) in [5.74, 6) is -0.745. The first-order valence-electron chi connectivity index (χ1n) is 7.71. The van der Waals surface area contributed by atoms with Crippen LogP contribution in [0.3, 0.4) is 0 Å². The van der Waals surface area contributed by atoms with E-state index >= 15 is 0 Å². The maximum Gasteiger partial charge on any atom is 0.303 e. The molecule has 0 fully saturated rings. The average Bonchev–Trinajstić information content (AvgIpc) is 2.54. The van der Waals surface area contributed by atoms with Crippen molar-refractivity contribution in [2.45, 2.75) is 19.4 Å². The van der Waals surface area contributed by atoms with Crippen LogP contribution in [0.4, 0.5) is 5.69 Å². The zero-order valence-electron chi connectivity index (χ0n) is 13.6. The number of nitrogens with zero attached hydrogens (tertiary/aromatic N) is 2. The summed E-state index contributed by atoms with van der Waals surface area (Å²) in [6, 6.07) is 12.5. The van der Waals surface area contributed by atoms with Gasteiger partial charge in [-0.15, -0.1) is 0 Å². The van der Waals surface area contributed by atoms with Crippen LogP contribution in [-0.2, 0) is 11.3 Å². The van der Waals surface area contributed by atoms with Gasteiger partial charge in [0.2, 0.25) is 0 Å². The molecule has 4 heteroatoms. The van der Waals surface area contributed by atoms with Gasteiger partial charge in [-0.3, -0.25) is 4.79 Å². The van der Waals surface area contributed by atoms with Crippen LogP contribution in [0.5, 0.6) is 0 Å². The summed E-state index contributed by atoms with van der Waals surface area (Å²) in [4.78, 5) is 12.6. The van der Waals surface area contributed by atoms with Crippen molar-refractivity contribution >= 4 is 23.8 Å². The summed E-state index contributed by atoms with van der Waals surface area (Å²) in [6.07, 6.45) is 8.98. The quantitative estimate of drug-likeness (QED) is 0.799. The van der Waals surface area contributed by atoms with E-state index < -0.39 is 5.97 Å². The number of hydrogen-bond donors (Lipinski definition) is 1. The Balaban J connectivity index is 1.93. The third-order valence-corrected chi connectivity index (χ3v) is 3.60. The molecule has 0 amide bonds. The molecular weight excluding hydrogens is 288 g/mol. The van der Waals surface area contributed by atoms with Gasteiger partial charge in [0.15, 0.2) is 12.4 Å². The predicted octanol–water partition coefficient (Wildman–Crippen LogP) is 3.08. The van der Waals surface area contributed by atoms with E-state index in [1.165, 1.54) is 5.69 Å². The highest BCUT2D eigenvalue weighted by Crippen LogP contribution is 2.14. The first kappa shape index (κ1) is 16.7. The largest absolute Gasteiger partial charge is 0.481 e. The number of aliphatic carboxylic acids is 1. The number of rotatable bonds is 7. The first-order chi connectivity index (χ1) is 11.0. The summed E-state index contributed by atoms with van der Waals surface area (Å²) >= 11 is 0. The van der Waals surface area contributed by atoms with Crippen LogP contribution >= 0.6 is 0 Å². The number of carboxylic acid groups (broad SMARTS) is 1. The Hall–Kier alpha value is -2.62. The minimum atomic E-state index is -0.745. The second kappa shape index (κ2) is 8.13.